The van der Waals surface area contributed by atoms with Crippen molar-refractivity contribution in [2.45, 2.75) is 13.0 Å². The van der Waals surface area contributed by atoms with Gasteiger partial charge in [-0.3, -0.25) is 4.79 Å². The standard InChI is InChI=1S/C14H14N4O2/c1-10(13-7-16-9-17-13)18(8-14(19)20)12-4-2-3-11(5-12)6-15/h2-5,7,9-10H,8H2,1H3,(H,16,17)(H,19,20). The first kappa shape index (κ1) is 13.6. The van der Waals surface area contributed by atoms with E-state index in [9.17, 15) is 4.79 Å². The Morgan fingerprint density at radius 1 is 1.60 bits per heavy atom. The summed E-state index contributed by atoms with van der Waals surface area (Å²) in [5, 5.41) is 18.0. The quantitative estimate of drug-likeness (QED) is 0.866. The maximum Gasteiger partial charge on any atom is 0.323 e. The molecule has 1 unspecified atom stereocenters. The van der Waals surface area contributed by atoms with Gasteiger partial charge in [0, 0.05) is 11.9 Å². The normalized spacial score (nSPS) is 11.6. The molecule has 0 spiro atoms. The average molecular weight is 270 g/mol. The Kier molecular flexibility index (Phi) is 4.01. The van der Waals surface area contributed by atoms with Gasteiger partial charge in [-0.05, 0) is 25.1 Å². The summed E-state index contributed by atoms with van der Waals surface area (Å²) in [6, 6.07) is 8.71. The summed E-state index contributed by atoms with van der Waals surface area (Å²) < 4.78 is 0. The highest BCUT2D eigenvalue weighted by Crippen LogP contribution is 2.26. The van der Waals surface area contributed by atoms with Gasteiger partial charge in [-0.25, -0.2) is 4.98 Å². The lowest BCUT2D eigenvalue weighted by molar-refractivity contribution is -0.135. The van der Waals surface area contributed by atoms with E-state index in [2.05, 4.69) is 16.0 Å². The minimum absolute atomic E-state index is 0.164. The van der Waals surface area contributed by atoms with E-state index in [0.717, 1.165) is 5.69 Å². The van der Waals surface area contributed by atoms with Crippen LogP contribution in [0.5, 0.6) is 0 Å². The van der Waals surface area contributed by atoms with Gasteiger partial charge in [-0.15, -0.1) is 0 Å². The molecule has 2 rings (SSSR count). The summed E-state index contributed by atoms with van der Waals surface area (Å²) in [6.07, 6.45) is 3.28. The zero-order chi connectivity index (χ0) is 14.5. The average Bonchev–Trinajstić information content (AvgIpc) is 2.98. The Labute approximate surface area is 116 Å². The van der Waals surface area contributed by atoms with Gasteiger partial charge in [-0.1, -0.05) is 6.07 Å². The van der Waals surface area contributed by atoms with Crippen molar-refractivity contribution in [1.29, 1.82) is 5.26 Å². The molecular weight excluding hydrogens is 256 g/mol. The molecular formula is C14H14N4O2. The molecule has 0 radical (unpaired) electrons. The Hall–Kier alpha value is -2.81. The first-order chi connectivity index (χ1) is 9.61. The van der Waals surface area contributed by atoms with Crippen LogP contribution in [0.15, 0.2) is 36.8 Å². The number of carboxylic acid groups (broad SMARTS) is 1. The van der Waals surface area contributed by atoms with Crippen molar-refractivity contribution in [3.63, 3.8) is 0 Å². The van der Waals surface area contributed by atoms with E-state index in [0.29, 0.717) is 11.3 Å². The van der Waals surface area contributed by atoms with Crippen molar-refractivity contribution in [3.8, 4) is 6.07 Å². The summed E-state index contributed by atoms with van der Waals surface area (Å²) in [7, 11) is 0. The number of aliphatic carboxylic acids is 1. The van der Waals surface area contributed by atoms with Crippen LogP contribution in [0.2, 0.25) is 0 Å². The molecule has 0 amide bonds. The molecule has 0 saturated carbocycles. The number of nitrogens with one attached hydrogen (secondary N) is 1. The number of imidazole rings is 1. The van der Waals surface area contributed by atoms with E-state index < -0.39 is 5.97 Å². The van der Waals surface area contributed by atoms with E-state index in [1.165, 1.54) is 0 Å². The molecule has 20 heavy (non-hydrogen) atoms. The van der Waals surface area contributed by atoms with Crippen molar-refractivity contribution in [3.05, 3.63) is 48.0 Å². The van der Waals surface area contributed by atoms with Crippen LogP contribution in [-0.2, 0) is 4.79 Å². The second kappa shape index (κ2) is 5.89. The number of carbonyl (C=O) groups is 1. The summed E-state index contributed by atoms with van der Waals surface area (Å²) >= 11 is 0. The lowest BCUT2D eigenvalue weighted by atomic mass is 10.1. The highest BCUT2D eigenvalue weighted by Gasteiger charge is 2.20. The highest BCUT2D eigenvalue weighted by molar-refractivity contribution is 5.74. The fourth-order valence-corrected chi connectivity index (χ4v) is 2.01. The highest BCUT2D eigenvalue weighted by atomic mass is 16.4. The van der Waals surface area contributed by atoms with Gasteiger partial charge >= 0.3 is 5.97 Å². The molecule has 1 heterocycles. The lowest BCUT2D eigenvalue weighted by Gasteiger charge is -2.28. The van der Waals surface area contributed by atoms with Gasteiger partial charge in [0.25, 0.3) is 0 Å². The first-order valence-electron chi connectivity index (χ1n) is 6.09. The van der Waals surface area contributed by atoms with Crippen molar-refractivity contribution in [2.75, 3.05) is 11.4 Å². The molecule has 1 atom stereocenters. The molecule has 1 aromatic carbocycles. The molecule has 2 N–H and O–H groups in total. The zero-order valence-electron chi connectivity index (χ0n) is 10.9. The van der Waals surface area contributed by atoms with Crippen LogP contribution in [0.4, 0.5) is 5.69 Å². The van der Waals surface area contributed by atoms with Crippen LogP contribution in [0, 0.1) is 11.3 Å². The molecule has 102 valence electrons. The Morgan fingerprint density at radius 3 is 3.00 bits per heavy atom. The largest absolute Gasteiger partial charge is 0.480 e. The number of rotatable bonds is 5. The summed E-state index contributed by atoms with van der Waals surface area (Å²) in [5.41, 5.74) is 1.92. The maximum absolute atomic E-state index is 11.1. The van der Waals surface area contributed by atoms with Crippen LogP contribution in [0.1, 0.15) is 24.2 Å². The third-order valence-electron chi connectivity index (χ3n) is 3.03. The number of aromatic amines is 1. The van der Waals surface area contributed by atoms with Crippen molar-refractivity contribution in [1.82, 2.24) is 9.97 Å². The van der Waals surface area contributed by atoms with Gasteiger partial charge in [0.05, 0.1) is 29.7 Å². The second-order valence-corrected chi connectivity index (χ2v) is 4.35. The van der Waals surface area contributed by atoms with E-state index >= 15 is 0 Å². The molecule has 2 aromatic rings. The minimum Gasteiger partial charge on any atom is -0.480 e. The lowest BCUT2D eigenvalue weighted by Crippen LogP contribution is -2.32. The fourth-order valence-electron chi connectivity index (χ4n) is 2.01. The van der Waals surface area contributed by atoms with Crippen LogP contribution < -0.4 is 4.90 Å². The van der Waals surface area contributed by atoms with Crippen LogP contribution in [-0.4, -0.2) is 27.6 Å². The number of anilines is 1. The Morgan fingerprint density at radius 2 is 2.40 bits per heavy atom. The van der Waals surface area contributed by atoms with E-state index in [-0.39, 0.29) is 12.6 Å². The molecule has 6 nitrogen and oxygen atoms in total. The summed E-state index contributed by atoms with van der Waals surface area (Å²) in [6.45, 7) is 1.71. The number of aromatic nitrogens is 2. The second-order valence-electron chi connectivity index (χ2n) is 4.35. The van der Waals surface area contributed by atoms with Gasteiger partial charge in [0.1, 0.15) is 6.54 Å². The number of H-pyrrole nitrogens is 1. The van der Waals surface area contributed by atoms with Gasteiger partial charge in [0.2, 0.25) is 0 Å². The summed E-state index contributed by atoms with van der Waals surface area (Å²) in [4.78, 5) is 19.8. The SMILES string of the molecule is CC(c1c[nH]cn1)N(CC(=O)O)c1cccc(C#N)c1. The van der Waals surface area contributed by atoms with Crippen molar-refractivity contribution in [2.24, 2.45) is 0 Å². The third-order valence-corrected chi connectivity index (χ3v) is 3.03. The number of hydrogen-bond donors (Lipinski definition) is 2. The number of carboxylic acids is 1. The molecule has 0 aliphatic carbocycles. The van der Waals surface area contributed by atoms with Crippen LogP contribution in [0.3, 0.4) is 0 Å². The smallest absolute Gasteiger partial charge is 0.323 e. The van der Waals surface area contributed by atoms with Crippen molar-refractivity contribution < 1.29 is 9.90 Å². The molecule has 0 aliphatic heterocycles. The van der Waals surface area contributed by atoms with Crippen molar-refractivity contribution >= 4 is 11.7 Å². The van der Waals surface area contributed by atoms with Gasteiger partial charge in [-0.2, -0.15) is 5.26 Å². The Balaban J connectivity index is 2.36. The van der Waals surface area contributed by atoms with Gasteiger partial charge in [0.15, 0.2) is 0 Å². The zero-order valence-corrected chi connectivity index (χ0v) is 10.9. The number of benzene rings is 1. The number of hydrogen-bond acceptors (Lipinski definition) is 4. The van der Waals surface area contributed by atoms with E-state index in [1.807, 2.05) is 6.92 Å². The minimum atomic E-state index is -0.935. The van der Waals surface area contributed by atoms with Crippen LogP contribution in [0.25, 0.3) is 0 Å². The monoisotopic (exact) mass is 270 g/mol. The molecule has 0 saturated heterocycles. The van der Waals surface area contributed by atoms with Crippen LogP contribution >= 0.6 is 0 Å². The number of nitriles is 1. The molecule has 1 aromatic heterocycles. The maximum atomic E-state index is 11.1. The summed E-state index contributed by atoms with van der Waals surface area (Å²) in [5.74, 6) is -0.935. The molecule has 0 aliphatic rings. The Bertz CT molecular complexity index is 631. The fraction of sp³-hybridized carbons (Fsp3) is 0.214. The van der Waals surface area contributed by atoms with E-state index in [4.69, 9.17) is 10.4 Å². The third kappa shape index (κ3) is 2.95. The molecule has 0 fully saturated rings. The predicted octanol–water partition coefficient (Wildman–Crippen LogP) is 1.93. The first-order valence-corrected chi connectivity index (χ1v) is 6.09. The topological polar surface area (TPSA) is 93.0 Å². The molecule has 0 bridgehead atoms. The van der Waals surface area contributed by atoms with E-state index in [1.54, 1.807) is 41.7 Å². The van der Waals surface area contributed by atoms with Gasteiger partial charge < -0.3 is 15.0 Å². The molecule has 6 heteroatoms. The predicted molar refractivity (Wildman–Crippen MR) is 73.1 cm³/mol. The number of nitrogens with zero attached hydrogens (tertiary/aromatic N) is 3.